The summed E-state index contributed by atoms with van der Waals surface area (Å²) in [6.07, 6.45) is 6.92. The Labute approximate surface area is 184 Å². The lowest BCUT2D eigenvalue weighted by Crippen LogP contribution is -2.07. The number of hydrogen-bond donors (Lipinski definition) is 1. The van der Waals surface area contributed by atoms with Crippen molar-refractivity contribution < 1.29 is 9.53 Å². The maximum Gasteiger partial charge on any atom is 0.163 e. The number of nitriles is 1. The topological polar surface area (TPSA) is 81.0 Å². The number of hydrogen-bond acceptors (Lipinski definition) is 4. The predicted octanol–water partition coefficient (Wildman–Crippen LogP) is 4.96. The molecular formula is C26H31N3O2. The van der Waals surface area contributed by atoms with Gasteiger partial charge in [-0.25, -0.2) is 0 Å². The summed E-state index contributed by atoms with van der Waals surface area (Å²) in [4.78, 5) is 12.6. The predicted molar refractivity (Wildman–Crippen MR) is 125 cm³/mol. The molecule has 2 N–H and O–H groups in total. The minimum atomic E-state index is 0.164. The highest BCUT2D eigenvalue weighted by molar-refractivity contribution is 5.98. The van der Waals surface area contributed by atoms with Crippen LogP contribution >= 0.6 is 0 Å². The SMILES string of the molecule is CCCC(=O)c1ccc(-n2cc(C#N)c3ccc(CCCCN)cc32)cc1CCOC. The first-order valence-electron chi connectivity index (χ1n) is 11.0. The maximum absolute atomic E-state index is 12.6. The zero-order valence-corrected chi connectivity index (χ0v) is 18.5. The molecule has 0 radical (unpaired) electrons. The molecule has 0 amide bonds. The van der Waals surface area contributed by atoms with Crippen LogP contribution in [0.1, 0.15) is 59.7 Å². The summed E-state index contributed by atoms with van der Waals surface area (Å²) in [7, 11) is 1.67. The number of Topliss-reactive ketones (excluding diaryl/α,β-unsaturated/α-hetero) is 1. The molecule has 3 rings (SSSR count). The van der Waals surface area contributed by atoms with Gasteiger partial charge in [-0.05, 0) is 74.0 Å². The van der Waals surface area contributed by atoms with Crippen LogP contribution in [0, 0.1) is 11.3 Å². The van der Waals surface area contributed by atoms with Crippen LogP contribution in [0.2, 0.25) is 0 Å². The van der Waals surface area contributed by atoms with Crippen LogP contribution in [-0.2, 0) is 17.6 Å². The molecular weight excluding hydrogens is 386 g/mol. The van der Waals surface area contributed by atoms with Crippen molar-refractivity contribution in [3.05, 3.63) is 64.8 Å². The maximum atomic E-state index is 12.6. The molecule has 0 saturated heterocycles. The Morgan fingerprint density at radius 1 is 1.16 bits per heavy atom. The van der Waals surface area contributed by atoms with Crippen LogP contribution in [0.15, 0.2) is 42.6 Å². The molecule has 162 valence electrons. The number of rotatable bonds is 11. The van der Waals surface area contributed by atoms with E-state index in [1.54, 1.807) is 7.11 Å². The Balaban J connectivity index is 2.07. The summed E-state index contributed by atoms with van der Waals surface area (Å²) in [6.45, 7) is 3.27. The van der Waals surface area contributed by atoms with Crippen LogP contribution in [0.5, 0.6) is 0 Å². The number of benzene rings is 2. The molecule has 1 heterocycles. The lowest BCUT2D eigenvalue weighted by Gasteiger charge is -2.13. The molecule has 0 spiro atoms. The molecule has 1 aromatic heterocycles. The number of ketones is 1. The van der Waals surface area contributed by atoms with Crippen molar-refractivity contribution in [1.29, 1.82) is 5.26 Å². The van der Waals surface area contributed by atoms with E-state index in [-0.39, 0.29) is 5.78 Å². The highest BCUT2D eigenvalue weighted by atomic mass is 16.5. The monoisotopic (exact) mass is 417 g/mol. The summed E-state index contributed by atoms with van der Waals surface area (Å²) in [5.74, 6) is 0.164. The average molecular weight is 418 g/mol. The highest BCUT2D eigenvalue weighted by Crippen LogP contribution is 2.28. The van der Waals surface area contributed by atoms with Crippen LogP contribution in [0.25, 0.3) is 16.6 Å². The van der Waals surface area contributed by atoms with E-state index < -0.39 is 0 Å². The molecule has 31 heavy (non-hydrogen) atoms. The second kappa shape index (κ2) is 10.9. The van der Waals surface area contributed by atoms with Gasteiger partial charge in [0.05, 0.1) is 17.7 Å². The van der Waals surface area contributed by atoms with E-state index in [1.165, 1.54) is 5.56 Å². The fourth-order valence-corrected chi connectivity index (χ4v) is 3.99. The molecule has 2 aromatic carbocycles. The van der Waals surface area contributed by atoms with E-state index in [9.17, 15) is 10.1 Å². The Morgan fingerprint density at radius 2 is 2.00 bits per heavy atom. The summed E-state index contributed by atoms with van der Waals surface area (Å²) < 4.78 is 7.33. The zero-order valence-electron chi connectivity index (χ0n) is 18.5. The number of carbonyl (C=O) groups excluding carboxylic acids is 1. The zero-order chi connectivity index (χ0) is 22.2. The van der Waals surface area contributed by atoms with Crippen molar-refractivity contribution >= 4 is 16.7 Å². The van der Waals surface area contributed by atoms with Gasteiger partial charge in [-0.1, -0.05) is 19.1 Å². The van der Waals surface area contributed by atoms with E-state index in [0.717, 1.165) is 53.4 Å². The number of fused-ring (bicyclic) bond motifs is 1. The summed E-state index contributed by atoms with van der Waals surface area (Å²) >= 11 is 0. The number of carbonyl (C=O) groups is 1. The molecule has 0 fully saturated rings. The van der Waals surface area contributed by atoms with Crippen molar-refractivity contribution in [2.24, 2.45) is 5.73 Å². The molecule has 0 bridgehead atoms. The molecule has 5 heteroatoms. The van der Waals surface area contributed by atoms with Gasteiger partial charge in [0.15, 0.2) is 5.78 Å². The minimum Gasteiger partial charge on any atom is -0.384 e. The average Bonchev–Trinajstić information content (AvgIpc) is 3.16. The Hall–Kier alpha value is -2.94. The molecule has 0 atom stereocenters. The number of nitrogens with two attached hydrogens (primary N) is 1. The van der Waals surface area contributed by atoms with Crippen molar-refractivity contribution in [3.63, 3.8) is 0 Å². The molecule has 0 aliphatic rings. The number of unbranched alkanes of at least 4 members (excludes halogenated alkanes) is 1. The Bertz CT molecular complexity index is 1090. The van der Waals surface area contributed by atoms with Gasteiger partial charge in [-0.2, -0.15) is 5.26 Å². The highest BCUT2D eigenvalue weighted by Gasteiger charge is 2.15. The number of aryl methyl sites for hydroxylation is 1. The second-order valence-electron chi connectivity index (χ2n) is 7.88. The summed E-state index contributed by atoms with van der Waals surface area (Å²) in [5.41, 5.74) is 11.2. The molecule has 0 aliphatic heterocycles. The number of nitrogens with zero attached hydrogens (tertiary/aromatic N) is 2. The summed E-state index contributed by atoms with van der Waals surface area (Å²) in [6, 6.07) is 14.6. The molecule has 5 nitrogen and oxygen atoms in total. The van der Waals surface area contributed by atoms with E-state index >= 15 is 0 Å². The first-order chi connectivity index (χ1) is 15.1. The van der Waals surface area contributed by atoms with Crippen LogP contribution in [-0.4, -0.2) is 30.6 Å². The minimum absolute atomic E-state index is 0.164. The molecule has 3 aromatic rings. The fraction of sp³-hybridized carbons (Fsp3) is 0.385. The van der Waals surface area contributed by atoms with Crippen molar-refractivity contribution in [3.8, 4) is 11.8 Å². The van der Waals surface area contributed by atoms with E-state index in [1.807, 2.05) is 31.3 Å². The number of methoxy groups -OCH3 is 1. The number of aromatic nitrogens is 1. The van der Waals surface area contributed by atoms with E-state index in [0.29, 0.717) is 31.6 Å². The lowest BCUT2D eigenvalue weighted by atomic mass is 9.98. The van der Waals surface area contributed by atoms with Gasteiger partial charge >= 0.3 is 0 Å². The first-order valence-corrected chi connectivity index (χ1v) is 11.0. The van der Waals surface area contributed by atoms with Gasteiger partial charge in [-0.3, -0.25) is 4.79 Å². The van der Waals surface area contributed by atoms with Crippen LogP contribution in [0.4, 0.5) is 0 Å². The Kier molecular flexibility index (Phi) is 8.00. The normalized spacial score (nSPS) is 11.0. The standard InChI is InChI=1S/C26H31N3O2/c1-3-6-26(30)24-11-9-22(16-20(24)12-14-31-2)29-18-21(17-28)23-10-8-19(15-25(23)29)7-4-5-13-27/h8-11,15-16,18H,3-7,12-14,27H2,1-2H3. The fourth-order valence-electron chi connectivity index (χ4n) is 3.99. The van der Waals surface area contributed by atoms with Crippen LogP contribution in [0.3, 0.4) is 0 Å². The van der Waals surface area contributed by atoms with Gasteiger partial charge in [0.1, 0.15) is 6.07 Å². The van der Waals surface area contributed by atoms with Crippen molar-refractivity contribution in [2.75, 3.05) is 20.3 Å². The van der Waals surface area contributed by atoms with Gasteiger partial charge < -0.3 is 15.0 Å². The van der Waals surface area contributed by atoms with Gasteiger partial charge in [0.25, 0.3) is 0 Å². The summed E-state index contributed by atoms with van der Waals surface area (Å²) in [5, 5.41) is 10.6. The van der Waals surface area contributed by atoms with Crippen LogP contribution < -0.4 is 5.73 Å². The molecule has 0 unspecified atom stereocenters. The Morgan fingerprint density at radius 3 is 2.71 bits per heavy atom. The largest absolute Gasteiger partial charge is 0.384 e. The quantitative estimate of drug-likeness (QED) is 0.353. The molecule has 0 saturated carbocycles. The third kappa shape index (κ3) is 5.22. The second-order valence-corrected chi connectivity index (χ2v) is 7.88. The smallest absolute Gasteiger partial charge is 0.163 e. The van der Waals surface area contributed by atoms with E-state index in [2.05, 4.69) is 28.8 Å². The van der Waals surface area contributed by atoms with Gasteiger partial charge in [-0.15, -0.1) is 0 Å². The van der Waals surface area contributed by atoms with Gasteiger partial charge in [0, 0.05) is 36.4 Å². The van der Waals surface area contributed by atoms with E-state index in [4.69, 9.17) is 10.5 Å². The lowest BCUT2D eigenvalue weighted by molar-refractivity contribution is 0.0980. The third-order valence-corrected chi connectivity index (χ3v) is 5.63. The van der Waals surface area contributed by atoms with Gasteiger partial charge in [0.2, 0.25) is 0 Å². The van der Waals surface area contributed by atoms with Crippen molar-refractivity contribution in [1.82, 2.24) is 4.57 Å². The van der Waals surface area contributed by atoms with Crippen molar-refractivity contribution in [2.45, 2.75) is 45.4 Å². The molecule has 0 aliphatic carbocycles. The third-order valence-electron chi connectivity index (χ3n) is 5.63. The number of ether oxygens (including phenoxy) is 1. The first kappa shape index (κ1) is 22.7.